The Hall–Kier alpha value is -2.22. The van der Waals surface area contributed by atoms with Gasteiger partial charge in [-0.05, 0) is 44.5 Å². The lowest BCUT2D eigenvalue weighted by atomic mass is 10.0. The lowest BCUT2D eigenvalue weighted by molar-refractivity contribution is -0.144. The van der Waals surface area contributed by atoms with E-state index < -0.39 is 28.6 Å². The molecule has 0 amide bonds. The van der Waals surface area contributed by atoms with E-state index in [1.807, 2.05) is 13.0 Å². The number of hydrogen-bond donors (Lipinski definition) is 1. The number of ketones is 1. The molecule has 0 bridgehead atoms. The van der Waals surface area contributed by atoms with Gasteiger partial charge < -0.3 is 4.74 Å². The summed E-state index contributed by atoms with van der Waals surface area (Å²) in [4.78, 5) is 24.2. The number of aryl methyl sites for hydroxylation is 2. The average molecular weight is 410 g/mol. The average Bonchev–Trinajstić information content (AvgIpc) is 2.59. The molecule has 144 valence electrons. The zero-order valence-electron chi connectivity index (χ0n) is 15.2. The third-order valence-corrected chi connectivity index (χ3v) is 5.59. The Morgan fingerprint density at radius 3 is 2.48 bits per heavy atom. The highest BCUT2D eigenvalue weighted by molar-refractivity contribution is 7.89. The topological polar surface area (TPSA) is 89.5 Å². The quantitative estimate of drug-likeness (QED) is 0.560. The van der Waals surface area contributed by atoms with Crippen molar-refractivity contribution in [3.05, 3.63) is 64.2 Å². The third kappa shape index (κ3) is 5.63. The summed E-state index contributed by atoms with van der Waals surface area (Å²) >= 11 is 5.79. The summed E-state index contributed by atoms with van der Waals surface area (Å²) in [6.45, 7) is 4.58. The maximum Gasteiger partial charge on any atom is 0.324 e. The van der Waals surface area contributed by atoms with E-state index in [0.717, 1.165) is 11.1 Å². The van der Waals surface area contributed by atoms with Crippen LogP contribution in [0.1, 0.15) is 28.4 Å². The first kappa shape index (κ1) is 21.1. The lowest BCUT2D eigenvalue weighted by Gasteiger charge is -2.14. The molecular formula is C19H20ClNO5S. The molecule has 0 unspecified atom stereocenters. The Labute approximate surface area is 163 Å². The number of nitrogens with one attached hydrogen (secondary N) is 1. The molecule has 8 heteroatoms. The van der Waals surface area contributed by atoms with Crippen LogP contribution in [-0.2, 0) is 19.6 Å². The van der Waals surface area contributed by atoms with E-state index in [1.54, 1.807) is 19.1 Å². The molecule has 0 radical (unpaired) electrons. The summed E-state index contributed by atoms with van der Waals surface area (Å²) in [6, 6.07) is 9.81. The van der Waals surface area contributed by atoms with Crippen molar-refractivity contribution in [3.63, 3.8) is 0 Å². The fraction of sp³-hybridized carbons (Fsp3) is 0.263. The minimum Gasteiger partial charge on any atom is -0.456 e. The number of carbonyl (C=O) groups excluding carboxylic acids is 2. The molecule has 0 saturated heterocycles. The maximum absolute atomic E-state index is 12.3. The van der Waals surface area contributed by atoms with Gasteiger partial charge in [0.05, 0.1) is 4.90 Å². The molecule has 0 aliphatic rings. The Morgan fingerprint density at radius 2 is 1.85 bits per heavy atom. The molecule has 1 atom stereocenters. The largest absolute Gasteiger partial charge is 0.456 e. The molecule has 2 rings (SSSR count). The van der Waals surface area contributed by atoms with Crippen LogP contribution in [0, 0.1) is 13.8 Å². The van der Waals surface area contributed by atoms with Crippen LogP contribution < -0.4 is 4.72 Å². The number of sulfonamides is 1. The number of Topliss-reactive ketones (excluding diaryl/α,β-unsaturated/α-hetero) is 1. The van der Waals surface area contributed by atoms with Crippen LogP contribution in [-0.4, -0.2) is 32.8 Å². The highest BCUT2D eigenvalue weighted by Crippen LogP contribution is 2.16. The van der Waals surface area contributed by atoms with Gasteiger partial charge in [0.1, 0.15) is 6.04 Å². The number of ether oxygens (including phenoxy) is 1. The highest BCUT2D eigenvalue weighted by Gasteiger charge is 2.24. The Morgan fingerprint density at radius 1 is 1.15 bits per heavy atom. The molecule has 0 saturated carbocycles. The molecule has 0 heterocycles. The van der Waals surface area contributed by atoms with Crippen LogP contribution in [0.15, 0.2) is 47.4 Å². The molecule has 0 spiro atoms. The number of carbonyl (C=O) groups is 2. The number of esters is 1. The van der Waals surface area contributed by atoms with Crippen LogP contribution in [0.4, 0.5) is 0 Å². The van der Waals surface area contributed by atoms with Gasteiger partial charge in [-0.15, -0.1) is 0 Å². The predicted molar refractivity (Wildman–Crippen MR) is 102 cm³/mol. The molecule has 2 aromatic rings. The summed E-state index contributed by atoms with van der Waals surface area (Å²) in [5.74, 6) is -1.20. The molecule has 2 aromatic carbocycles. The SMILES string of the molecule is Cc1ccc(C(=O)COC(=O)[C@H](C)NS(=O)(=O)c2cccc(Cl)c2)c(C)c1. The van der Waals surface area contributed by atoms with Crippen LogP contribution in [0.25, 0.3) is 0 Å². The van der Waals surface area contributed by atoms with Gasteiger partial charge in [0.15, 0.2) is 6.61 Å². The minimum absolute atomic E-state index is 0.0685. The Kier molecular flexibility index (Phi) is 6.75. The van der Waals surface area contributed by atoms with Gasteiger partial charge in [-0.3, -0.25) is 9.59 Å². The van der Waals surface area contributed by atoms with Gasteiger partial charge in [-0.2, -0.15) is 4.72 Å². The Balaban J connectivity index is 1.98. The van der Waals surface area contributed by atoms with Crippen molar-refractivity contribution < 1.29 is 22.7 Å². The van der Waals surface area contributed by atoms with Crippen molar-refractivity contribution in [2.24, 2.45) is 0 Å². The molecule has 0 aliphatic heterocycles. The first-order valence-corrected chi connectivity index (χ1v) is 10.0. The fourth-order valence-corrected chi connectivity index (χ4v) is 3.94. The molecule has 0 fully saturated rings. The van der Waals surface area contributed by atoms with Crippen molar-refractivity contribution in [1.82, 2.24) is 4.72 Å². The zero-order chi connectivity index (χ0) is 20.2. The lowest BCUT2D eigenvalue weighted by Crippen LogP contribution is -2.40. The van der Waals surface area contributed by atoms with E-state index in [2.05, 4.69) is 4.72 Å². The molecule has 0 aliphatic carbocycles. The van der Waals surface area contributed by atoms with Crippen LogP contribution >= 0.6 is 11.6 Å². The van der Waals surface area contributed by atoms with Crippen molar-refractivity contribution >= 4 is 33.4 Å². The molecular weight excluding hydrogens is 390 g/mol. The normalized spacial score (nSPS) is 12.4. The van der Waals surface area contributed by atoms with Crippen molar-refractivity contribution in [2.75, 3.05) is 6.61 Å². The van der Waals surface area contributed by atoms with Crippen LogP contribution in [0.3, 0.4) is 0 Å². The first-order valence-electron chi connectivity index (χ1n) is 8.15. The number of benzene rings is 2. The number of rotatable bonds is 7. The summed E-state index contributed by atoms with van der Waals surface area (Å²) < 4.78 is 31.8. The van der Waals surface area contributed by atoms with E-state index in [9.17, 15) is 18.0 Å². The van der Waals surface area contributed by atoms with Gasteiger partial charge in [-0.25, -0.2) is 8.42 Å². The van der Waals surface area contributed by atoms with Crippen molar-refractivity contribution in [2.45, 2.75) is 31.7 Å². The number of halogens is 1. The van der Waals surface area contributed by atoms with Gasteiger partial charge in [0, 0.05) is 10.6 Å². The third-order valence-electron chi connectivity index (χ3n) is 3.82. The van der Waals surface area contributed by atoms with Gasteiger partial charge in [0.2, 0.25) is 15.8 Å². The molecule has 1 N–H and O–H groups in total. The summed E-state index contributed by atoms with van der Waals surface area (Å²) in [6.07, 6.45) is 0. The van der Waals surface area contributed by atoms with Gasteiger partial charge in [0.25, 0.3) is 0 Å². The van der Waals surface area contributed by atoms with E-state index in [0.29, 0.717) is 5.56 Å². The van der Waals surface area contributed by atoms with Crippen LogP contribution in [0.5, 0.6) is 0 Å². The molecule has 0 aromatic heterocycles. The summed E-state index contributed by atoms with van der Waals surface area (Å²) in [5, 5.41) is 0.257. The van der Waals surface area contributed by atoms with Crippen molar-refractivity contribution in [1.29, 1.82) is 0 Å². The fourth-order valence-electron chi connectivity index (χ4n) is 2.45. The van der Waals surface area contributed by atoms with E-state index in [-0.39, 0.29) is 15.7 Å². The summed E-state index contributed by atoms with van der Waals surface area (Å²) in [7, 11) is -3.95. The zero-order valence-corrected chi connectivity index (χ0v) is 16.7. The monoisotopic (exact) mass is 409 g/mol. The first-order chi connectivity index (χ1) is 12.6. The second-order valence-corrected chi connectivity index (χ2v) is 8.30. The van der Waals surface area contributed by atoms with E-state index in [4.69, 9.17) is 16.3 Å². The highest BCUT2D eigenvalue weighted by atomic mass is 35.5. The predicted octanol–water partition coefficient (Wildman–Crippen LogP) is 3.05. The molecule has 6 nitrogen and oxygen atoms in total. The van der Waals surface area contributed by atoms with E-state index >= 15 is 0 Å². The van der Waals surface area contributed by atoms with Gasteiger partial charge >= 0.3 is 5.97 Å². The second kappa shape index (κ2) is 8.65. The minimum atomic E-state index is -3.95. The smallest absolute Gasteiger partial charge is 0.324 e. The van der Waals surface area contributed by atoms with Gasteiger partial charge in [-0.1, -0.05) is 41.4 Å². The van der Waals surface area contributed by atoms with E-state index in [1.165, 1.54) is 31.2 Å². The molecule has 27 heavy (non-hydrogen) atoms. The van der Waals surface area contributed by atoms with Crippen LogP contribution in [0.2, 0.25) is 5.02 Å². The maximum atomic E-state index is 12.3. The van der Waals surface area contributed by atoms with Crippen molar-refractivity contribution in [3.8, 4) is 0 Å². The Bertz CT molecular complexity index is 972. The second-order valence-electron chi connectivity index (χ2n) is 6.15. The summed E-state index contributed by atoms with van der Waals surface area (Å²) in [5.41, 5.74) is 2.26. The standard InChI is InChI=1S/C19H20ClNO5S/c1-12-7-8-17(13(2)9-12)18(22)11-26-19(23)14(3)21-27(24,25)16-6-4-5-15(20)10-16/h4-10,14,21H,11H2,1-3H3/t14-/m0/s1. The number of hydrogen-bond acceptors (Lipinski definition) is 5.